The molecule has 160 valence electrons. The van der Waals surface area contributed by atoms with Gasteiger partial charge in [-0.25, -0.2) is 9.97 Å². The molecule has 1 saturated carbocycles. The number of aromatic nitrogens is 2. The second-order valence-corrected chi connectivity index (χ2v) is 8.87. The molecule has 1 N–H and O–H groups in total. The molecule has 2 aliphatic heterocycles. The quantitative estimate of drug-likeness (QED) is 0.785. The lowest BCUT2D eigenvalue weighted by Gasteiger charge is -2.34. The van der Waals surface area contributed by atoms with Gasteiger partial charge in [0.1, 0.15) is 11.5 Å². The van der Waals surface area contributed by atoms with Crippen LogP contribution in [0.15, 0.2) is 18.3 Å². The summed E-state index contributed by atoms with van der Waals surface area (Å²) in [6.45, 7) is 6.03. The average molecular weight is 411 g/mol. The van der Waals surface area contributed by atoms with E-state index < -0.39 is 0 Å². The second kappa shape index (κ2) is 7.71. The van der Waals surface area contributed by atoms with Gasteiger partial charge in [0.25, 0.3) is 0 Å². The third-order valence-electron chi connectivity index (χ3n) is 6.48. The van der Waals surface area contributed by atoms with Crippen molar-refractivity contribution >= 4 is 5.95 Å². The third-order valence-corrected chi connectivity index (χ3v) is 6.48. The van der Waals surface area contributed by atoms with Crippen molar-refractivity contribution in [3.05, 3.63) is 40.7 Å². The van der Waals surface area contributed by atoms with Crippen molar-refractivity contribution in [2.45, 2.75) is 50.8 Å². The molecule has 1 aromatic heterocycles. The van der Waals surface area contributed by atoms with Crippen molar-refractivity contribution in [3.63, 3.8) is 0 Å². The molecule has 1 unspecified atom stereocenters. The van der Waals surface area contributed by atoms with Crippen LogP contribution < -0.4 is 14.8 Å². The van der Waals surface area contributed by atoms with Gasteiger partial charge in [0.05, 0.1) is 44.1 Å². The molecular formula is C23H30N4O3. The SMILES string of the molecule is COc1cc(C)cc(OC)c1CN1CCC2(COCc3cnc(NC4CC4)nc32)C1. The predicted molar refractivity (Wildman–Crippen MR) is 114 cm³/mol. The lowest BCUT2D eigenvalue weighted by Crippen LogP contribution is -2.40. The lowest BCUT2D eigenvalue weighted by atomic mass is 9.80. The minimum absolute atomic E-state index is 0.0817. The van der Waals surface area contributed by atoms with E-state index in [-0.39, 0.29) is 5.41 Å². The summed E-state index contributed by atoms with van der Waals surface area (Å²) < 4.78 is 17.3. The fraction of sp³-hybridized carbons (Fsp3) is 0.565. The second-order valence-electron chi connectivity index (χ2n) is 8.87. The Balaban J connectivity index is 1.40. The summed E-state index contributed by atoms with van der Waals surface area (Å²) in [4.78, 5) is 12.0. The maximum Gasteiger partial charge on any atom is 0.223 e. The molecule has 0 amide bonds. The molecule has 0 radical (unpaired) electrons. The van der Waals surface area contributed by atoms with Crippen molar-refractivity contribution < 1.29 is 14.2 Å². The Morgan fingerprint density at radius 2 is 2.00 bits per heavy atom. The maximum atomic E-state index is 5.99. The van der Waals surface area contributed by atoms with Gasteiger partial charge in [-0.15, -0.1) is 0 Å². The maximum absolute atomic E-state index is 5.99. The first-order chi connectivity index (χ1) is 14.6. The summed E-state index contributed by atoms with van der Waals surface area (Å²) in [5, 5.41) is 3.45. The summed E-state index contributed by atoms with van der Waals surface area (Å²) in [7, 11) is 3.44. The van der Waals surface area contributed by atoms with E-state index in [4.69, 9.17) is 19.2 Å². The van der Waals surface area contributed by atoms with E-state index in [1.807, 2.05) is 6.20 Å². The summed E-state index contributed by atoms with van der Waals surface area (Å²) in [6, 6.07) is 4.69. The number of likely N-dealkylation sites (tertiary alicyclic amines) is 1. The molecule has 1 saturated heterocycles. The molecule has 1 aromatic carbocycles. The van der Waals surface area contributed by atoms with Crippen molar-refractivity contribution in [1.29, 1.82) is 0 Å². The van der Waals surface area contributed by atoms with Gasteiger partial charge in [-0.2, -0.15) is 0 Å². The molecule has 2 fully saturated rings. The molecule has 2 aromatic rings. The number of hydrogen-bond acceptors (Lipinski definition) is 7. The monoisotopic (exact) mass is 410 g/mol. The lowest BCUT2D eigenvalue weighted by molar-refractivity contribution is 0.0502. The van der Waals surface area contributed by atoms with Gasteiger partial charge in [-0.3, -0.25) is 4.90 Å². The Morgan fingerprint density at radius 1 is 1.23 bits per heavy atom. The topological polar surface area (TPSA) is 68.7 Å². The summed E-state index contributed by atoms with van der Waals surface area (Å²) >= 11 is 0. The Morgan fingerprint density at radius 3 is 2.70 bits per heavy atom. The van der Waals surface area contributed by atoms with E-state index in [0.717, 1.165) is 65.9 Å². The number of fused-ring (bicyclic) bond motifs is 2. The highest BCUT2D eigenvalue weighted by atomic mass is 16.5. The molecular weight excluding hydrogens is 380 g/mol. The van der Waals surface area contributed by atoms with E-state index in [2.05, 4.69) is 34.3 Å². The first-order valence-electron chi connectivity index (χ1n) is 10.7. The van der Waals surface area contributed by atoms with Crippen LogP contribution in [-0.2, 0) is 23.3 Å². The zero-order valence-electron chi connectivity index (χ0n) is 18.0. The van der Waals surface area contributed by atoms with Gasteiger partial charge in [0, 0.05) is 30.9 Å². The van der Waals surface area contributed by atoms with E-state index in [9.17, 15) is 0 Å². The van der Waals surface area contributed by atoms with Gasteiger partial charge < -0.3 is 19.5 Å². The van der Waals surface area contributed by atoms with Gasteiger partial charge in [-0.1, -0.05) is 0 Å². The third kappa shape index (κ3) is 3.61. The zero-order chi connectivity index (χ0) is 20.7. The Bertz CT molecular complexity index is 921. The highest BCUT2D eigenvalue weighted by Gasteiger charge is 2.45. The molecule has 1 spiro atoms. The largest absolute Gasteiger partial charge is 0.496 e. The highest BCUT2D eigenvalue weighted by molar-refractivity contribution is 5.48. The van der Waals surface area contributed by atoms with Crippen LogP contribution in [0.5, 0.6) is 11.5 Å². The molecule has 3 aliphatic rings. The number of nitrogens with zero attached hydrogens (tertiary/aromatic N) is 3. The van der Waals surface area contributed by atoms with Gasteiger partial charge in [-0.05, 0) is 50.4 Å². The molecule has 0 bridgehead atoms. The van der Waals surface area contributed by atoms with Gasteiger partial charge in [0.2, 0.25) is 5.95 Å². The first-order valence-corrected chi connectivity index (χ1v) is 10.7. The molecule has 3 heterocycles. The standard InChI is InChI=1S/C23H30N4O3/c1-15-8-19(28-2)18(20(9-15)29-3)11-27-7-6-23(13-27)14-30-12-16-10-24-22(26-21(16)23)25-17-4-5-17/h8-10,17H,4-7,11-14H2,1-3H3,(H,24,25,26). The Hall–Kier alpha value is -2.38. The van der Waals surface area contributed by atoms with Gasteiger partial charge in [0.15, 0.2) is 0 Å². The van der Waals surface area contributed by atoms with Crippen LogP contribution in [0.25, 0.3) is 0 Å². The number of hydrogen-bond donors (Lipinski definition) is 1. The molecule has 1 aliphatic carbocycles. The first kappa shape index (κ1) is 19.6. The number of ether oxygens (including phenoxy) is 3. The average Bonchev–Trinajstić information content (AvgIpc) is 3.48. The van der Waals surface area contributed by atoms with Crippen LogP contribution in [0, 0.1) is 6.92 Å². The van der Waals surface area contributed by atoms with Crippen LogP contribution in [0.1, 0.15) is 41.6 Å². The molecule has 30 heavy (non-hydrogen) atoms. The molecule has 7 heteroatoms. The van der Waals surface area contributed by atoms with Crippen molar-refractivity contribution in [3.8, 4) is 11.5 Å². The normalized spacial score (nSPS) is 23.4. The van der Waals surface area contributed by atoms with Crippen LogP contribution in [0.4, 0.5) is 5.95 Å². The number of rotatable bonds is 6. The number of benzene rings is 1. The summed E-state index contributed by atoms with van der Waals surface area (Å²) in [6.07, 6.45) is 5.39. The molecule has 7 nitrogen and oxygen atoms in total. The summed E-state index contributed by atoms with van der Waals surface area (Å²) in [5.41, 5.74) is 4.43. The van der Waals surface area contributed by atoms with Crippen LogP contribution >= 0.6 is 0 Å². The zero-order valence-corrected chi connectivity index (χ0v) is 18.0. The van der Waals surface area contributed by atoms with Crippen LogP contribution in [0.3, 0.4) is 0 Å². The van der Waals surface area contributed by atoms with E-state index in [1.165, 1.54) is 12.8 Å². The molecule has 5 rings (SSSR count). The fourth-order valence-corrected chi connectivity index (χ4v) is 4.77. The van der Waals surface area contributed by atoms with E-state index in [0.29, 0.717) is 19.3 Å². The Labute approximate surface area is 177 Å². The predicted octanol–water partition coefficient (Wildman–Crippen LogP) is 3.05. The van der Waals surface area contributed by atoms with Crippen molar-refractivity contribution in [1.82, 2.24) is 14.9 Å². The van der Waals surface area contributed by atoms with Crippen molar-refractivity contribution in [2.75, 3.05) is 39.2 Å². The van der Waals surface area contributed by atoms with Crippen LogP contribution in [-0.4, -0.2) is 54.8 Å². The number of aryl methyl sites for hydroxylation is 1. The smallest absolute Gasteiger partial charge is 0.223 e. The highest BCUT2D eigenvalue weighted by Crippen LogP contribution is 2.41. The summed E-state index contributed by atoms with van der Waals surface area (Å²) in [5.74, 6) is 2.52. The van der Waals surface area contributed by atoms with Crippen LogP contribution in [0.2, 0.25) is 0 Å². The minimum Gasteiger partial charge on any atom is -0.496 e. The number of nitrogens with one attached hydrogen (secondary N) is 1. The Kier molecular flexibility index (Phi) is 5.03. The van der Waals surface area contributed by atoms with E-state index in [1.54, 1.807) is 14.2 Å². The van der Waals surface area contributed by atoms with Gasteiger partial charge >= 0.3 is 0 Å². The molecule has 1 atom stereocenters. The minimum atomic E-state index is -0.0817. The number of methoxy groups -OCH3 is 2. The fourth-order valence-electron chi connectivity index (χ4n) is 4.77. The van der Waals surface area contributed by atoms with E-state index >= 15 is 0 Å². The number of anilines is 1. The van der Waals surface area contributed by atoms with Crippen molar-refractivity contribution in [2.24, 2.45) is 0 Å².